The fraction of sp³-hybridized carbons (Fsp3) is 0.417. The maximum Gasteiger partial charge on any atom is 0.368 e. The SMILES string of the molecule is C=C(OC)/C(CBr)=C(\C=C/CC)n1nnn(C)c1=O. The molecule has 0 bridgehead atoms. The molecular weight excluding hydrogens is 312 g/mol. The minimum absolute atomic E-state index is 0.321. The van der Waals surface area contributed by atoms with Crippen molar-refractivity contribution in [1.29, 1.82) is 0 Å². The Hall–Kier alpha value is -1.63. The molecule has 0 fully saturated rings. The Bertz CT molecular complexity index is 569. The summed E-state index contributed by atoms with van der Waals surface area (Å²) in [6.07, 6.45) is 4.59. The minimum atomic E-state index is -0.321. The van der Waals surface area contributed by atoms with Crippen molar-refractivity contribution in [2.45, 2.75) is 13.3 Å². The van der Waals surface area contributed by atoms with Gasteiger partial charge in [-0.2, -0.15) is 9.36 Å². The molecule has 104 valence electrons. The molecule has 0 radical (unpaired) electrons. The Labute approximate surface area is 120 Å². The molecule has 1 aromatic heterocycles. The summed E-state index contributed by atoms with van der Waals surface area (Å²) in [7, 11) is 3.08. The molecule has 6 nitrogen and oxygen atoms in total. The van der Waals surface area contributed by atoms with Gasteiger partial charge in [-0.1, -0.05) is 35.5 Å². The van der Waals surface area contributed by atoms with Crippen molar-refractivity contribution < 1.29 is 4.74 Å². The van der Waals surface area contributed by atoms with Crippen LogP contribution in [-0.4, -0.2) is 32.2 Å². The number of aryl methyl sites for hydroxylation is 1. The fourth-order valence-electron chi connectivity index (χ4n) is 1.40. The van der Waals surface area contributed by atoms with Crippen LogP contribution in [0.1, 0.15) is 13.3 Å². The maximum absolute atomic E-state index is 12.0. The van der Waals surface area contributed by atoms with E-state index in [4.69, 9.17) is 4.74 Å². The van der Waals surface area contributed by atoms with E-state index in [1.165, 1.54) is 16.5 Å². The van der Waals surface area contributed by atoms with Crippen molar-refractivity contribution >= 4 is 21.6 Å². The Morgan fingerprint density at radius 3 is 2.63 bits per heavy atom. The van der Waals surface area contributed by atoms with E-state index in [1.807, 2.05) is 19.1 Å². The lowest BCUT2D eigenvalue weighted by atomic mass is 10.2. The summed E-state index contributed by atoms with van der Waals surface area (Å²) in [5, 5.41) is 8.05. The number of nitrogens with zero attached hydrogens (tertiary/aromatic N) is 4. The normalized spacial score (nSPS) is 12.6. The molecule has 1 heterocycles. The number of methoxy groups -OCH3 is 1. The molecule has 1 rings (SSSR count). The van der Waals surface area contributed by atoms with E-state index >= 15 is 0 Å². The lowest BCUT2D eigenvalue weighted by Crippen LogP contribution is -2.23. The molecule has 0 unspecified atom stereocenters. The second kappa shape index (κ2) is 7.08. The number of rotatable bonds is 6. The van der Waals surface area contributed by atoms with Crippen molar-refractivity contribution in [3.05, 3.63) is 40.5 Å². The summed E-state index contributed by atoms with van der Waals surface area (Å²) in [6, 6.07) is 0. The molecule has 0 aliphatic heterocycles. The van der Waals surface area contributed by atoms with Gasteiger partial charge in [-0.05, 0) is 22.9 Å². The van der Waals surface area contributed by atoms with Gasteiger partial charge in [0.05, 0.1) is 12.8 Å². The van der Waals surface area contributed by atoms with Gasteiger partial charge in [0.25, 0.3) is 0 Å². The van der Waals surface area contributed by atoms with Crippen LogP contribution >= 0.6 is 15.9 Å². The first kappa shape index (κ1) is 15.4. The average Bonchev–Trinajstić information content (AvgIpc) is 2.74. The molecule has 0 N–H and O–H groups in total. The van der Waals surface area contributed by atoms with E-state index in [1.54, 1.807) is 7.05 Å². The first-order valence-corrected chi connectivity index (χ1v) is 6.87. The van der Waals surface area contributed by atoms with Gasteiger partial charge in [-0.15, -0.1) is 0 Å². The summed E-state index contributed by atoms with van der Waals surface area (Å²) < 4.78 is 7.54. The van der Waals surface area contributed by atoms with Crippen LogP contribution in [0.5, 0.6) is 0 Å². The van der Waals surface area contributed by atoms with Crippen molar-refractivity contribution in [2.24, 2.45) is 7.05 Å². The summed E-state index contributed by atoms with van der Waals surface area (Å²) in [5.74, 6) is 0.477. The smallest absolute Gasteiger partial charge is 0.368 e. The Morgan fingerprint density at radius 2 is 2.21 bits per heavy atom. The van der Waals surface area contributed by atoms with Crippen LogP contribution in [0.4, 0.5) is 0 Å². The number of allylic oxidation sites excluding steroid dienone is 4. The summed E-state index contributed by atoms with van der Waals surface area (Å²) >= 11 is 3.38. The van der Waals surface area contributed by atoms with Gasteiger partial charge < -0.3 is 4.74 Å². The lowest BCUT2D eigenvalue weighted by molar-refractivity contribution is 0.303. The van der Waals surface area contributed by atoms with Crippen molar-refractivity contribution in [2.75, 3.05) is 12.4 Å². The van der Waals surface area contributed by atoms with E-state index < -0.39 is 0 Å². The van der Waals surface area contributed by atoms with Crippen LogP contribution in [0.15, 0.2) is 34.9 Å². The highest BCUT2D eigenvalue weighted by molar-refractivity contribution is 9.09. The fourth-order valence-corrected chi connectivity index (χ4v) is 2.00. The maximum atomic E-state index is 12.0. The number of aromatic nitrogens is 4. The zero-order valence-electron chi connectivity index (χ0n) is 11.3. The molecule has 0 aromatic carbocycles. The van der Waals surface area contributed by atoms with Gasteiger partial charge in [0.1, 0.15) is 5.76 Å². The molecule has 0 aliphatic rings. The Morgan fingerprint density at radius 1 is 1.53 bits per heavy atom. The van der Waals surface area contributed by atoms with Crippen molar-refractivity contribution in [3.8, 4) is 0 Å². The molecule has 0 atom stereocenters. The van der Waals surface area contributed by atoms with Crippen molar-refractivity contribution in [3.63, 3.8) is 0 Å². The molecule has 0 saturated heterocycles. The second-order valence-electron chi connectivity index (χ2n) is 3.73. The van der Waals surface area contributed by atoms with E-state index in [9.17, 15) is 4.79 Å². The zero-order chi connectivity index (χ0) is 14.4. The van der Waals surface area contributed by atoms with Gasteiger partial charge >= 0.3 is 5.69 Å². The van der Waals surface area contributed by atoms with Crippen LogP contribution in [0.25, 0.3) is 5.70 Å². The first-order chi connectivity index (χ1) is 9.06. The van der Waals surface area contributed by atoms with Gasteiger partial charge in [0.15, 0.2) is 0 Å². The summed E-state index contributed by atoms with van der Waals surface area (Å²) in [4.78, 5) is 12.0. The van der Waals surface area contributed by atoms with Crippen LogP contribution in [0, 0.1) is 0 Å². The number of ether oxygens (including phenoxy) is 1. The largest absolute Gasteiger partial charge is 0.497 e. The highest BCUT2D eigenvalue weighted by atomic mass is 79.9. The predicted molar refractivity (Wildman–Crippen MR) is 77.9 cm³/mol. The molecule has 0 aliphatic carbocycles. The third-order valence-corrected chi connectivity index (χ3v) is 3.05. The van der Waals surface area contributed by atoms with Crippen LogP contribution in [0.2, 0.25) is 0 Å². The van der Waals surface area contributed by atoms with Gasteiger partial charge in [-0.3, -0.25) is 0 Å². The van der Waals surface area contributed by atoms with Crippen LogP contribution in [-0.2, 0) is 11.8 Å². The number of halogens is 1. The summed E-state index contributed by atoms with van der Waals surface area (Å²) in [6.45, 7) is 5.83. The third kappa shape index (κ3) is 3.44. The molecular formula is C12H17BrN4O2. The van der Waals surface area contributed by atoms with E-state index in [0.717, 1.165) is 12.0 Å². The van der Waals surface area contributed by atoms with E-state index in [-0.39, 0.29) is 5.69 Å². The highest BCUT2D eigenvalue weighted by Gasteiger charge is 2.14. The van der Waals surface area contributed by atoms with Crippen LogP contribution in [0.3, 0.4) is 0 Å². The third-order valence-electron chi connectivity index (χ3n) is 2.49. The molecule has 7 heteroatoms. The minimum Gasteiger partial charge on any atom is -0.497 e. The number of hydrogen-bond acceptors (Lipinski definition) is 4. The molecule has 0 spiro atoms. The lowest BCUT2D eigenvalue weighted by Gasteiger charge is -2.11. The molecule has 1 aromatic rings. The van der Waals surface area contributed by atoms with Crippen LogP contribution < -0.4 is 5.69 Å². The standard InChI is InChI=1S/C12H17BrN4O2/c1-5-6-7-11(10(8-13)9(2)19-4)17-12(18)16(3)14-15-17/h6-7H,2,5,8H2,1,3-4H3/b7-6-,11-10+. The van der Waals surface area contributed by atoms with E-state index in [0.29, 0.717) is 16.8 Å². The Kier molecular flexibility index (Phi) is 5.75. The topological polar surface area (TPSA) is 61.9 Å². The second-order valence-corrected chi connectivity index (χ2v) is 4.29. The number of tetrazole rings is 1. The van der Waals surface area contributed by atoms with Crippen molar-refractivity contribution in [1.82, 2.24) is 19.8 Å². The van der Waals surface area contributed by atoms with Gasteiger partial charge in [0.2, 0.25) is 0 Å². The zero-order valence-corrected chi connectivity index (χ0v) is 12.8. The van der Waals surface area contributed by atoms with Gasteiger partial charge in [0, 0.05) is 18.0 Å². The number of alkyl halides is 1. The quantitative estimate of drug-likeness (QED) is 0.453. The monoisotopic (exact) mass is 328 g/mol. The predicted octanol–water partition coefficient (Wildman–Crippen LogP) is 1.71. The Balaban J connectivity index is 3.48. The van der Waals surface area contributed by atoms with Gasteiger partial charge in [-0.25, -0.2) is 4.79 Å². The average molecular weight is 329 g/mol. The first-order valence-electron chi connectivity index (χ1n) is 5.75. The molecule has 19 heavy (non-hydrogen) atoms. The molecule has 0 saturated carbocycles. The highest BCUT2D eigenvalue weighted by Crippen LogP contribution is 2.20. The van der Waals surface area contributed by atoms with E-state index in [2.05, 4.69) is 32.9 Å². The number of hydrogen-bond donors (Lipinski definition) is 0. The molecule has 0 amide bonds. The summed E-state index contributed by atoms with van der Waals surface area (Å²) in [5.41, 5.74) is 1.02.